The van der Waals surface area contributed by atoms with Gasteiger partial charge in [-0.05, 0) is 31.4 Å². The summed E-state index contributed by atoms with van der Waals surface area (Å²) in [5.41, 5.74) is -0.335. The van der Waals surface area contributed by atoms with Gasteiger partial charge in [-0.3, -0.25) is 14.9 Å². The number of rotatable bonds is 3. The van der Waals surface area contributed by atoms with Crippen LogP contribution < -0.4 is 0 Å². The highest BCUT2D eigenvalue weighted by Gasteiger charge is 2.30. The maximum atomic E-state index is 12.2. The highest BCUT2D eigenvalue weighted by atomic mass is 16.6. The summed E-state index contributed by atoms with van der Waals surface area (Å²) in [4.78, 5) is 23.9. The maximum absolute atomic E-state index is 12.2. The molecule has 0 spiro atoms. The second-order valence-electron chi connectivity index (χ2n) is 4.46. The van der Waals surface area contributed by atoms with E-state index in [-0.39, 0.29) is 23.0 Å². The van der Waals surface area contributed by atoms with E-state index in [9.17, 15) is 20.0 Å². The van der Waals surface area contributed by atoms with Crippen molar-refractivity contribution in [1.82, 2.24) is 4.90 Å². The largest absolute Gasteiger partial charge is 0.508 e. The van der Waals surface area contributed by atoms with Crippen LogP contribution in [0.4, 0.5) is 5.69 Å². The number of amides is 1. The first-order chi connectivity index (χ1) is 8.50. The Labute approximate surface area is 104 Å². The molecule has 1 fully saturated rings. The molecular formula is C12H14N2O4. The number of nitro benzene ring substituents is 1. The molecular weight excluding hydrogens is 236 g/mol. The molecule has 1 N–H and O–H groups in total. The number of phenolic OH excluding ortho intramolecular Hbond substituents is 1. The van der Waals surface area contributed by atoms with Crippen LogP contribution in [-0.4, -0.2) is 33.9 Å². The predicted molar refractivity (Wildman–Crippen MR) is 64.5 cm³/mol. The molecule has 1 aliphatic rings. The first-order valence-corrected chi connectivity index (χ1v) is 5.75. The SMILES string of the molecule is CN(C(=O)c1cc(O)ccc1[N+](=O)[O-])C1CCC1. The van der Waals surface area contributed by atoms with Crippen LogP contribution in [0.3, 0.4) is 0 Å². The van der Waals surface area contributed by atoms with Crippen molar-refractivity contribution in [3.8, 4) is 5.75 Å². The van der Waals surface area contributed by atoms with E-state index in [2.05, 4.69) is 0 Å². The molecule has 0 bridgehead atoms. The number of aromatic hydroxyl groups is 1. The quantitative estimate of drug-likeness (QED) is 0.656. The van der Waals surface area contributed by atoms with Gasteiger partial charge >= 0.3 is 0 Å². The second kappa shape index (κ2) is 4.64. The minimum atomic E-state index is -0.610. The van der Waals surface area contributed by atoms with E-state index in [1.165, 1.54) is 11.0 Å². The fourth-order valence-electron chi connectivity index (χ4n) is 1.98. The molecule has 6 nitrogen and oxygen atoms in total. The fourth-order valence-corrected chi connectivity index (χ4v) is 1.98. The van der Waals surface area contributed by atoms with Crippen molar-refractivity contribution < 1.29 is 14.8 Å². The third-order valence-corrected chi connectivity index (χ3v) is 3.35. The van der Waals surface area contributed by atoms with Crippen LogP contribution >= 0.6 is 0 Å². The number of benzene rings is 1. The molecule has 0 aliphatic heterocycles. The van der Waals surface area contributed by atoms with Crippen molar-refractivity contribution in [2.24, 2.45) is 0 Å². The van der Waals surface area contributed by atoms with Gasteiger partial charge in [0.15, 0.2) is 0 Å². The molecule has 0 aromatic heterocycles. The van der Waals surface area contributed by atoms with E-state index in [0.717, 1.165) is 31.4 Å². The van der Waals surface area contributed by atoms with E-state index in [1.807, 2.05) is 0 Å². The average Bonchev–Trinajstić information content (AvgIpc) is 2.25. The van der Waals surface area contributed by atoms with Gasteiger partial charge in [0.2, 0.25) is 0 Å². The maximum Gasteiger partial charge on any atom is 0.282 e. The Balaban J connectivity index is 2.33. The summed E-state index contributed by atoms with van der Waals surface area (Å²) in [6.07, 6.45) is 2.92. The molecule has 0 saturated heterocycles. The molecule has 18 heavy (non-hydrogen) atoms. The average molecular weight is 250 g/mol. The van der Waals surface area contributed by atoms with Gasteiger partial charge in [0.1, 0.15) is 11.3 Å². The van der Waals surface area contributed by atoms with Crippen molar-refractivity contribution in [2.45, 2.75) is 25.3 Å². The molecule has 1 aliphatic carbocycles. The Morgan fingerprint density at radius 3 is 2.67 bits per heavy atom. The Morgan fingerprint density at radius 2 is 2.17 bits per heavy atom. The van der Waals surface area contributed by atoms with Gasteiger partial charge < -0.3 is 10.0 Å². The van der Waals surface area contributed by atoms with Gasteiger partial charge in [-0.15, -0.1) is 0 Å². The summed E-state index contributed by atoms with van der Waals surface area (Å²) < 4.78 is 0. The zero-order valence-electron chi connectivity index (χ0n) is 10.00. The van der Waals surface area contributed by atoms with Gasteiger partial charge in [0.25, 0.3) is 11.6 Å². The molecule has 0 unspecified atom stereocenters. The van der Waals surface area contributed by atoms with E-state index >= 15 is 0 Å². The molecule has 0 radical (unpaired) electrons. The topological polar surface area (TPSA) is 83.7 Å². The van der Waals surface area contributed by atoms with E-state index in [0.29, 0.717) is 0 Å². The van der Waals surface area contributed by atoms with E-state index in [4.69, 9.17) is 0 Å². The third-order valence-electron chi connectivity index (χ3n) is 3.35. The van der Waals surface area contributed by atoms with E-state index in [1.54, 1.807) is 7.05 Å². The zero-order chi connectivity index (χ0) is 13.3. The predicted octanol–water partition coefficient (Wildman–Crippen LogP) is 1.92. The zero-order valence-corrected chi connectivity index (χ0v) is 10.00. The van der Waals surface area contributed by atoms with Crippen molar-refractivity contribution in [1.29, 1.82) is 0 Å². The number of hydrogen-bond donors (Lipinski definition) is 1. The normalized spacial score (nSPS) is 14.9. The van der Waals surface area contributed by atoms with Crippen LogP contribution in [-0.2, 0) is 0 Å². The second-order valence-corrected chi connectivity index (χ2v) is 4.46. The van der Waals surface area contributed by atoms with E-state index < -0.39 is 10.8 Å². The number of hydrogen-bond acceptors (Lipinski definition) is 4. The minimum absolute atomic E-state index is 0.0607. The van der Waals surface area contributed by atoms with Crippen LogP contribution in [0, 0.1) is 10.1 Å². The molecule has 1 aromatic rings. The number of phenols is 1. The fraction of sp³-hybridized carbons (Fsp3) is 0.417. The molecule has 0 heterocycles. The van der Waals surface area contributed by atoms with Crippen molar-refractivity contribution in [2.75, 3.05) is 7.05 Å². The number of carbonyl (C=O) groups excluding carboxylic acids is 1. The van der Waals surface area contributed by atoms with Crippen LogP contribution in [0.5, 0.6) is 5.75 Å². The van der Waals surface area contributed by atoms with Gasteiger partial charge in [-0.25, -0.2) is 0 Å². The number of nitrogens with zero attached hydrogens (tertiary/aromatic N) is 2. The van der Waals surface area contributed by atoms with Crippen molar-refractivity contribution >= 4 is 11.6 Å². The summed E-state index contributed by atoms with van der Waals surface area (Å²) in [6.45, 7) is 0. The molecule has 1 aromatic carbocycles. The van der Waals surface area contributed by atoms with Gasteiger partial charge in [-0.2, -0.15) is 0 Å². The Hall–Kier alpha value is -2.11. The lowest BCUT2D eigenvalue weighted by Gasteiger charge is -2.34. The lowest BCUT2D eigenvalue weighted by molar-refractivity contribution is -0.385. The van der Waals surface area contributed by atoms with Crippen molar-refractivity contribution in [3.63, 3.8) is 0 Å². The molecule has 2 rings (SSSR count). The monoisotopic (exact) mass is 250 g/mol. The summed E-state index contributed by atoms with van der Waals surface area (Å²) in [5.74, 6) is -0.562. The summed E-state index contributed by atoms with van der Waals surface area (Å²) in [7, 11) is 1.64. The van der Waals surface area contributed by atoms with Gasteiger partial charge in [-0.1, -0.05) is 0 Å². The summed E-state index contributed by atoms with van der Waals surface area (Å²) in [6, 6.07) is 3.66. The lowest BCUT2D eigenvalue weighted by atomic mass is 9.91. The van der Waals surface area contributed by atoms with Crippen molar-refractivity contribution in [3.05, 3.63) is 33.9 Å². The minimum Gasteiger partial charge on any atom is -0.508 e. The third kappa shape index (κ3) is 2.13. The smallest absolute Gasteiger partial charge is 0.282 e. The molecule has 6 heteroatoms. The summed E-state index contributed by atoms with van der Waals surface area (Å²) in [5, 5.41) is 20.2. The highest BCUT2D eigenvalue weighted by Crippen LogP contribution is 2.29. The number of carbonyl (C=O) groups is 1. The lowest BCUT2D eigenvalue weighted by Crippen LogP contribution is -2.41. The Bertz CT molecular complexity index is 497. The first-order valence-electron chi connectivity index (χ1n) is 5.75. The highest BCUT2D eigenvalue weighted by molar-refractivity contribution is 5.98. The van der Waals surface area contributed by atoms with Crippen LogP contribution in [0.25, 0.3) is 0 Å². The molecule has 0 atom stereocenters. The van der Waals surface area contributed by atoms with Gasteiger partial charge in [0.05, 0.1) is 4.92 Å². The molecule has 1 amide bonds. The molecule has 1 saturated carbocycles. The van der Waals surface area contributed by atoms with Gasteiger partial charge in [0, 0.05) is 19.2 Å². The van der Waals surface area contributed by atoms with Crippen LogP contribution in [0.1, 0.15) is 29.6 Å². The standard InChI is InChI=1S/C12H14N2O4/c1-13(8-3-2-4-8)12(16)10-7-9(15)5-6-11(10)14(17)18/h5-8,15H,2-4H2,1H3. The first kappa shape index (κ1) is 12.3. The Kier molecular flexibility index (Phi) is 3.18. The molecule has 96 valence electrons. The number of nitro groups is 1. The van der Waals surface area contributed by atoms with Crippen LogP contribution in [0.2, 0.25) is 0 Å². The summed E-state index contributed by atoms with van der Waals surface area (Å²) >= 11 is 0. The van der Waals surface area contributed by atoms with Crippen LogP contribution in [0.15, 0.2) is 18.2 Å². The Morgan fingerprint density at radius 1 is 1.50 bits per heavy atom.